The normalized spacial score (nSPS) is 19.5. The van der Waals surface area contributed by atoms with Gasteiger partial charge in [-0.2, -0.15) is 4.72 Å². The molecule has 1 aromatic heterocycles. The molecule has 2 N–H and O–H groups in total. The molecule has 11 nitrogen and oxygen atoms in total. The first-order valence-corrected chi connectivity index (χ1v) is 18.5. The fraction of sp³-hybridized carbons (Fsp3) is 0.414. The molecule has 0 spiro atoms. The molecule has 44 heavy (non-hydrogen) atoms. The molecule has 3 heterocycles. The quantitative estimate of drug-likeness (QED) is 0.334. The largest absolute Gasteiger partial charge is 0.353 e. The molecule has 2 saturated heterocycles. The summed E-state index contributed by atoms with van der Waals surface area (Å²) < 4.78 is 54.8. The van der Waals surface area contributed by atoms with Gasteiger partial charge >= 0.3 is 0 Å². The predicted octanol–water partition coefficient (Wildman–Crippen LogP) is 2.71. The SMILES string of the molecule is Cc1ccc(S(=O)(=O)CC(=O)NCC2CCCN2C(=O)CN2CCCC(NS(=O)(=O)c3cc4cc(Cl)ccc4s3)C2=O)cc1. The number of aryl methyl sites for hydroxylation is 1. The molecule has 0 radical (unpaired) electrons. The maximum absolute atomic E-state index is 13.3. The predicted molar refractivity (Wildman–Crippen MR) is 168 cm³/mol. The number of benzene rings is 2. The number of rotatable bonds is 10. The minimum absolute atomic E-state index is 0.0662. The van der Waals surface area contributed by atoms with E-state index in [1.807, 2.05) is 6.92 Å². The molecule has 2 fully saturated rings. The van der Waals surface area contributed by atoms with Crippen LogP contribution in [0.5, 0.6) is 0 Å². The lowest BCUT2D eigenvalue weighted by molar-refractivity contribution is -0.143. The maximum atomic E-state index is 13.3. The van der Waals surface area contributed by atoms with Crippen LogP contribution in [0.4, 0.5) is 0 Å². The van der Waals surface area contributed by atoms with Gasteiger partial charge in [-0.25, -0.2) is 16.8 Å². The van der Waals surface area contributed by atoms with Crippen LogP contribution in [-0.2, 0) is 34.2 Å². The van der Waals surface area contributed by atoms with E-state index in [0.29, 0.717) is 49.2 Å². The summed E-state index contributed by atoms with van der Waals surface area (Å²) in [7, 11) is -7.80. The number of fused-ring (bicyclic) bond motifs is 1. The number of carbonyl (C=O) groups excluding carboxylic acids is 3. The first-order chi connectivity index (χ1) is 20.8. The number of carbonyl (C=O) groups is 3. The van der Waals surface area contributed by atoms with Gasteiger partial charge in [0.05, 0.1) is 11.4 Å². The number of sulfone groups is 1. The van der Waals surface area contributed by atoms with E-state index in [9.17, 15) is 31.2 Å². The van der Waals surface area contributed by atoms with Crippen molar-refractivity contribution < 1.29 is 31.2 Å². The summed E-state index contributed by atoms with van der Waals surface area (Å²) in [6, 6.07) is 11.5. The van der Waals surface area contributed by atoms with E-state index >= 15 is 0 Å². The smallest absolute Gasteiger partial charge is 0.250 e. The van der Waals surface area contributed by atoms with Crippen molar-refractivity contribution >= 4 is 70.6 Å². The zero-order valence-electron chi connectivity index (χ0n) is 24.0. The van der Waals surface area contributed by atoms with Gasteiger partial charge in [0.25, 0.3) is 10.0 Å². The molecule has 2 unspecified atom stereocenters. The summed E-state index contributed by atoms with van der Waals surface area (Å²) in [5.41, 5.74) is 0.903. The third-order valence-electron chi connectivity index (χ3n) is 7.81. The molecular weight excluding hydrogens is 648 g/mol. The minimum Gasteiger partial charge on any atom is -0.353 e. The van der Waals surface area contributed by atoms with Crippen LogP contribution in [0.2, 0.25) is 5.02 Å². The van der Waals surface area contributed by atoms with Gasteiger partial charge in [-0.15, -0.1) is 11.3 Å². The molecule has 0 bridgehead atoms. The van der Waals surface area contributed by atoms with E-state index in [0.717, 1.165) is 21.6 Å². The van der Waals surface area contributed by atoms with Crippen molar-refractivity contribution in [1.82, 2.24) is 19.8 Å². The van der Waals surface area contributed by atoms with E-state index in [1.54, 1.807) is 35.2 Å². The fourth-order valence-corrected chi connectivity index (χ4v) is 9.45. The number of likely N-dealkylation sites (tertiary alicyclic amines) is 2. The molecule has 5 rings (SSSR count). The highest BCUT2D eigenvalue weighted by atomic mass is 35.5. The molecular formula is C29H33ClN4O7S3. The summed E-state index contributed by atoms with van der Waals surface area (Å²) in [5.74, 6) is -2.14. The highest BCUT2D eigenvalue weighted by Crippen LogP contribution is 2.31. The van der Waals surface area contributed by atoms with E-state index in [1.165, 1.54) is 23.1 Å². The zero-order chi connectivity index (χ0) is 31.6. The number of hydrogen-bond acceptors (Lipinski definition) is 8. The van der Waals surface area contributed by atoms with Crippen molar-refractivity contribution in [2.45, 2.75) is 53.8 Å². The van der Waals surface area contributed by atoms with Crippen molar-refractivity contribution in [1.29, 1.82) is 0 Å². The number of hydrogen-bond donors (Lipinski definition) is 2. The van der Waals surface area contributed by atoms with E-state index in [2.05, 4.69) is 10.0 Å². The van der Waals surface area contributed by atoms with Gasteiger partial charge in [0.2, 0.25) is 17.7 Å². The van der Waals surface area contributed by atoms with Gasteiger partial charge in [0, 0.05) is 35.4 Å². The lowest BCUT2D eigenvalue weighted by Gasteiger charge is -2.34. The second-order valence-electron chi connectivity index (χ2n) is 11.1. The number of halogens is 1. The molecule has 2 atom stereocenters. The molecule has 2 aromatic carbocycles. The van der Waals surface area contributed by atoms with E-state index < -0.39 is 43.5 Å². The summed E-state index contributed by atoms with van der Waals surface area (Å²) in [5, 5.41) is 3.82. The second kappa shape index (κ2) is 13.1. The van der Waals surface area contributed by atoms with Gasteiger partial charge in [0.15, 0.2) is 9.84 Å². The first kappa shape index (κ1) is 32.4. The van der Waals surface area contributed by atoms with Crippen LogP contribution in [-0.4, -0.2) is 88.4 Å². The Hall–Kier alpha value is -3.04. The van der Waals surface area contributed by atoms with Crippen molar-refractivity contribution in [3.8, 4) is 0 Å². The summed E-state index contributed by atoms with van der Waals surface area (Å²) >= 11 is 7.11. The molecule has 3 aromatic rings. The van der Waals surface area contributed by atoms with Gasteiger partial charge in [-0.3, -0.25) is 14.4 Å². The highest BCUT2D eigenvalue weighted by Gasteiger charge is 2.36. The van der Waals surface area contributed by atoms with Gasteiger partial charge < -0.3 is 15.1 Å². The summed E-state index contributed by atoms with van der Waals surface area (Å²) in [6.07, 6.45) is 2.14. The zero-order valence-corrected chi connectivity index (χ0v) is 27.2. The Labute approximate surface area is 265 Å². The maximum Gasteiger partial charge on any atom is 0.250 e. The number of nitrogens with zero attached hydrogens (tertiary/aromatic N) is 2. The van der Waals surface area contributed by atoms with Crippen LogP contribution in [0.3, 0.4) is 0 Å². The van der Waals surface area contributed by atoms with Crippen LogP contribution in [0.25, 0.3) is 10.1 Å². The topological polar surface area (TPSA) is 150 Å². The monoisotopic (exact) mass is 680 g/mol. The molecule has 2 aliphatic rings. The third kappa shape index (κ3) is 7.42. The van der Waals surface area contributed by atoms with Crippen molar-refractivity contribution in [3.05, 3.63) is 59.1 Å². The van der Waals surface area contributed by atoms with Crippen molar-refractivity contribution in [2.75, 3.05) is 31.9 Å². The molecule has 3 amide bonds. The Morgan fingerprint density at radius 2 is 1.73 bits per heavy atom. The molecule has 0 saturated carbocycles. The minimum atomic E-state index is -3.99. The molecule has 0 aliphatic carbocycles. The molecule has 15 heteroatoms. The van der Waals surface area contributed by atoms with Crippen LogP contribution in [0.1, 0.15) is 31.2 Å². The number of sulfonamides is 1. The Kier molecular flexibility index (Phi) is 9.66. The average molecular weight is 681 g/mol. The second-order valence-corrected chi connectivity index (χ2v) is 16.5. The van der Waals surface area contributed by atoms with Gasteiger partial charge in [0.1, 0.15) is 16.0 Å². The van der Waals surface area contributed by atoms with Gasteiger partial charge in [-0.1, -0.05) is 29.3 Å². The van der Waals surface area contributed by atoms with Crippen molar-refractivity contribution in [2.24, 2.45) is 0 Å². The number of piperidine rings is 1. The first-order valence-electron chi connectivity index (χ1n) is 14.2. The number of amides is 3. The molecule has 236 valence electrons. The van der Waals surface area contributed by atoms with Gasteiger partial charge in [-0.05, 0) is 74.4 Å². The Morgan fingerprint density at radius 1 is 1.00 bits per heavy atom. The van der Waals surface area contributed by atoms with Crippen molar-refractivity contribution in [3.63, 3.8) is 0 Å². The van der Waals surface area contributed by atoms with Crippen LogP contribution < -0.4 is 10.0 Å². The number of nitrogens with one attached hydrogen (secondary N) is 2. The Bertz CT molecular complexity index is 1790. The Balaban J connectivity index is 1.16. The lowest BCUT2D eigenvalue weighted by Crippen LogP contribution is -2.55. The van der Waals surface area contributed by atoms with Crippen LogP contribution >= 0.6 is 22.9 Å². The van der Waals surface area contributed by atoms with E-state index in [4.69, 9.17) is 11.6 Å². The third-order valence-corrected chi connectivity index (χ3v) is 12.7. The van der Waals surface area contributed by atoms with Crippen LogP contribution in [0.15, 0.2) is 57.6 Å². The molecule has 2 aliphatic heterocycles. The summed E-state index contributed by atoms with van der Waals surface area (Å²) in [4.78, 5) is 42.1. The standard InChI is InChI=1S/C29H33ClN4O7S3/c1-19-6-9-23(10-7-19)43(38,39)18-26(35)31-16-22-4-2-13-34(22)27(36)17-33-12-3-5-24(29(33)37)32-44(40,41)28-15-20-14-21(30)8-11-25(20)42-28/h6-11,14-15,22,24,32H,2-5,12-13,16-18H2,1H3,(H,31,35). The fourth-order valence-electron chi connectivity index (χ4n) is 5.49. The Morgan fingerprint density at radius 3 is 2.48 bits per heavy atom. The summed E-state index contributed by atoms with van der Waals surface area (Å²) in [6.45, 7) is 2.46. The van der Waals surface area contributed by atoms with E-state index in [-0.39, 0.29) is 34.1 Å². The van der Waals surface area contributed by atoms with Crippen LogP contribution in [0, 0.1) is 6.92 Å². The highest BCUT2D eigenvalue weighted by molar-refractivity contribution is 7.92. The number of thiophene rings is 1. The lowest BCUT2D eigenvalue weighted by atomic mass is 10.1. The average Bonchev–Trinajstić information content (AvgIpc) is 3.61.